The summed E-state index contributed by atoms with van der Waals surface area (Å²) in [4.78, 5) is 0. The van der Waals surface area contributed by atoms with E-state index in [-0.39, 0.29) is 5.41 Å². The van der Waals surface area contributed by atoms with Crippen LogP contribution in [0, 0.1) is 5.41 Å². The number of hydrogen-bond acceptors (Lipinski definition) is 1. The third kappa shape index (κ3) is 5.56. The Labute approximate surface area is 115 Å². The van der Waals surface area contributed by atoms with E-state index in [0.717, 1.165) is 12.8 Å². The summed E-state index contributed by atoms with van der Waals surface area (Å²) in [6.07, 6.45) is 14.0. The Balaban J connectivity index is 4.05. The number of methoxy groups -OCH3 is 1. The Morgan fingerprint density at radius 2 is 1.56 bits per heavy atom. The minimum absolute atomic E-state index is 0.179. The van der Waals surface area contributed by atoms with Crippen LogP contribution in [-0.4, -0.2) is 13.2 Å². The van der Waals surface area contributed by atoms with Crippen LogP contribution in [0.4, 0.5) is 0 Å². The maximum atomic E-state index is 5.74. The lowest BCUT2D eigenvalue weighted by molar-refractivity contribution is 0.00166. The zero-order valence-electron chi connectivity index (χ0n) is 13.1. The summed E-state index contributed by atoms with van der Waals surface area (Å²) in [6.45, 7) is 10.8. The molecule has 1 atom stereocenters. The molecule has 0 aromatic carbocycles. The quantitative estimate of drug-likeness (QED) is 0.318. The highest BCUT2D eigenvalue weighted by Gasteiger charge is 2.32. The van der Waals surface area contributed by atoms with Crippen LogP contribution in [0.5, 0.6) is 0 Å². The first kappa shape index (κ1) is 17.7. The Morgan fingerprint density at radius 3 is 2.00 bits per heavy atom. The highest BCUT2D eigenvalue weighted by Crippen LogP contribution is 2.36. The lowest BCUT2D eigenvalue weighted by Crippen LogP contribution is -2.33. The summed E-state index contributed by atoms with van der Waals surface area (Å²) in [5.41, 5.74) is 0.179. The maximum absolute atomic E-state index is 5.74. The summed E-state index contributed by atoms with van der Waals surface area (Å²) in [5, 5.41) is 0. The standard InChI is InChI=1S/C17H34O/c1-6-10-11-12-13-14-15-16(18-5)17(7-2,8-3)9-4/h7,16H,2,6,8-15H2,1,3-5H3. The summed E-state index contributed by atoms with van der Waals surface area (Å²) >= 11 is 0. The van der Waals surface area contributed by atoms with Crippen LogP contribution in [-0.2, 0) is 4.74 Å². The zero-order valence-corrected chi connectivity index (χ0v) is 13.1. The Bertz CT molecular complexity index is 194. The van der Waals surface area contributed by atoms with Gasteiger partial charge in [0.1, 0.15) is 0 Å². The average Bonchev–Trinajstić information content (AvgIpc) is 2.42. The fourth-order valence-electron chi connectivity index (χ4n) is 2.88. The van der Waals surface area contributed by atoms with Crippen molar-refractivity contribution in [1.82, 2.24) is 0 Å². The molecule has 0 heterocycles. The third-order valence-corrected chi connectivity index (χ3v) is 4.47. The molecular weight excluding hydrogens is 220 g/mol. The lowest BCUT2D eigenvalue weighted by atomic mass is 9.75. The highest BCUT2D eigenvalue weighted by molar-refractivity contribution is 4.98. The minimum Gasteiger partial charge on any atom is -0.381 e. The van der Waals surface area contributed by atoms with Crippen molar-refractivity contribution < 1.29 is 4.74 Å². The molecule has 0 spiro atoms. The van der Waals surface area contributed by atoms with Gasteiger partial charge in [-0.25, -0.2) is 0 Å². The van der Waals surface area contributed by atoms with Gasteiger partial charge < -0.3 is 4.74 Å². The molecule has 0 N–H and O–H groups in total. The summed E-state index contributed by atoms with van der Waals surface area (Å²) < 4.78 is 5.74. The van der Waals surface area contributed by atoms with Crippen LogP contribution in [0.2, 0.25) is 0 Å². The summed E-state index contributed by atoms with van der Waals surface area (Å²) in [6, 6.07) is 0. The monoisotopic (exact) mass is 254 g/mol. The van der Waals surface area contributed by atoms with Crippen LogP contribution < -0.4 is 0 Å². The van der Waals surface area contributed by atoms with Crippen LogP contribution in [0.25, 0.3) is 0 Å². The smallest absolute Gasteiger partial charge is 0.0661 e. The van der Waals surface area contributed by atoms with Gasteiger partial charge in [0, 0.05) is 12.5 Å². The molecular formula is C17H34O. The molecule has 1 heteroatoms. The number of rotatable bonds is 12. The highest BCUT2D eigenvalue weighted by atomic mass is 16.5. The SMILES string of the molecule is C=CC(CC)(CC)C(CCCCCCCC)OC. The number of ether oxygens (including phenoxy) is 1. The fourth-order valence-corrected chi connectivity index (χ4v) is 2.88. The van der Waals surface area contributed by atoms with Gasteiger partial charge in [0.2, 0.25) is 0 Å². The summed E-state index contributed by atoms with van der Waals surface area (Å²) in [7, 11) is 1.85. The molecule has 18 heavy (non-hydrogen) atoms. The molecule has 0 saturated heterocycles. The molecule has 0 bridgehead atoms. The van der Waals surface area contributed by atoms with E-state index in [1.807, 2.05) is 7.11 Å². The second-order valence-corrected chi connectivity index (χ2v) is 5.43. The van der Waals surface area contributed by atoms with E-state index in [1.54, 1.807) is 0 Å². The molecule has 0 aliphatic rings. The predicted molar refractivity (Wildman–Crippen MR) is 82.0 cm³/mol. The average molecular weight is 254 g/mol. The number of hydrogen-bond donors (Lipinski definition) is 0. The molecule has 0 aromatic heterocycles. The Morgan fingerprint density at radius 1 is 1.00 bits per heavy atom. The van der Waals surface area contributed by atoms with Crippen molar-refractivity contribution in [3.63, 3.8) is 0 Å². The van der Waals surface area contributed by atoms with Gasteiger partial charge in [-0.2, -0.15) is 0 Å². The third-order valence-electron chi connectivity index (χ3n) is 4.47. The van der Waals surface area contributed by atoms with E-state index >= 15 is 0 Å². The molecule has 0 fully saturated rings. The van der Waals surface area contributed by atoms with Crippen molar-refractivity contribution >= 4 is 0 Å². The lowest BCUT2D eigenvalue weighted by Gasteiger charge is -2.36. The van der Waals surface area contributed by atoms with Crippen molar-refractivity contribution in [3.05, 3.63) is 12.7 Å². The van der Waals surface area contributed by atoms with E-state index in [9.17, 15) is 0 Å². The second-order valence-electron chi connectivity index (χ2n) is 5.43. The molecule has 1 unspecified atom stereocenters. The van der Waals surface area contributed by atoms with Gasteiger partial charge in [-0.3, -0.25) is 0 Å². The molecule has 1 nitrogen and oxygen atoms in total. The summed E-state index contributed by atoms with van der Waals surface area (Å²) in [5.74, 6) is 0. The van der Waals surface area contributed by atoms with E-state index in [4.69, 9.17) is 4.74 Å². The first-order chi connectivity index (χ1) is 8.70. The fraction of sp³-hybridized carbons (Fsp3) is 0.882. The van der Waals surface area contributed by atoms with Gasteiger partial charge in [0.05, 0.1) is 6.10 Å². The predicted octanol–water partition coefficient (Wildman–Crippen LogP) is 5.74. The molecule has 0 saturated carbocycles. The van der Waals surface area contributed by atoms with E-state index in [2.05, 4.69) is 33.4 Å². The van der Waals surface area contributed by atoms with Crippen LogP contribution in [0.15, 0.2) is 12.7 Å². The normalized spacial score (nSPS) is 13.6. The molecule has 0 aliphatic carbocycles. The second kappa shape index (κ2) is 10.6. The maximum Gasteiger partial charge on any atom is 0.0661 e. The first-order valence-corrected chi connectivity index (χ1v) is 7.87. The topological polar surface area (TPSA) is 9.23 Å². The van der Waals surface area contributed by atoms with Gasteiger partial charge >= 0.3 is 0 Å². The number of unbranched alkanes of at least 4 members (excludes halogenated alkanes) is 5. The van der Waals surface area contributed by atoms with Crippen molar-refractivity contribution in [3.8, 4) is 0 Å². The molecule has 0 aromatic rings. The Hall–Kier alpha value is -0.300. The molecule has 108 valence electrons. The van der Waals surface area contributed by atoms with Crippen LogP contribution in [0.1, 0.15) is 78.6 Å². The minimum atomic E-state index is 0.179. The molecule has 0 rings (SSSR count). The van der Waals surface area contributed by atoms with Crippen molar-refractivity contribution in [2.75, 3.05) is 7.11 Å². The van der Waals surface area contributed by atoms with Crippen molar-refractivity contribution in [2.24, 2.45) is 5.41 Å². The van der Waals surface area contributed by atoms with E-state index in [1.165, 1.54) is 44.9 Å². The van der Waals surface area contributed by atoms with Crippen LogP contribution >= 0.6 is 0 Å². The first-order valence-electron chi connectivity index (χ1n) is 7.87. The molecule has 0 amide bonds. The van der Waals surface area contributed by atoms with Gasteiger partial charge in [-0.05, 0) is 19.3 Å². The van der Waals surface area contributed by atoms with Crippen molar-refractivity contribution in [1.29, 1.82) is 0 Å². The van der Waals surface area contributed by atoms with Crippen LogP contribution in [0.3, 0.4) is 0 Å². The largest absolute Gasteiger partial charge is 0.381 e. The van der Waals surface area contributed by atoms with Gasteiger partial charge in [-0.1, -0.05) is 65.4 Å². The van der Waals surface area contributed by atoms with Gasteiger partial charge in [-0.15, -0.1) is 6.58 Å². The van der Waals surface area contributed by atoms with E-state index < -0.39 is 0 Å². The zero-order chi connectivity index (χ0) is 13.9. The van der Waals surface area contributed by atoms with E-state index in [0.29, 0.717) is 6.10 Å². The van der Waals surface area contributed by atoms with Gasteiger partial charge in [0.15, 0.2) is 0 Å². The van der Waals surface area contributed by atoms with Gasteiger partial charge in [0.25, 0.3) is 0 Å². The Kier molecular flexibility index (Phi) is 10.4. The molecule has 0 radical (unpaired) electrons. The van der Waals surface area contributed by atoms with Crippen molar-refractivity contribution in [2.45, 2.75) is 84.7 Å². The molecule has 0 aliphatic heterocycles.